The van der Waals surface area contributed by atoms with E-state index in [-0.39, 0.29) is 24.6 Å². The fourth-order valence-electron chi connectivity index (χ4n) is 2.45. The van der Waals surface area contributed by atoms with Crippen molar-refractivity contribution in [3.05, 3.63) is 35.1 Å². The van der Waals surface area contributed by atoms with Gasteiger partial charge in [-0.25, -0.2) is 13.2 Å². The van der Waals surface area contributed by atoms with Crippen molar-refractivity contribution in [1.29, 1.82) is 0 Å². The van der Waals surface area contributed by atoms with Crippen molar-refractivity contribution in [2.24, 2.45) is 11.8 Å². The Morgan fingerprint density at radius 1 is 1.19 bits per heavy atom. The van der Waals surface area contributed by atoms with Crippen LogP contribution in [-0.4, -0.2) is 37.0 Å². The van der Waals surface area contributed by atoms with Crippen molar-refractivity contribution in [3.8, 4) is 0 Å². The Kier molecular flexibility index (Phi) is 4.20. The van der Waals surface area contributed by atoms with E-state index in [9.17, 15) is 22.8 Å². The van der Waals surface area contributed by atoms with Gasteiger partial charge in [-0.2, -0.15) is 0 Å². The van der Waals surface area contributed by atoms with Gasteiger partial charge in [0.15, 0.2) is 17.5 Å². The molecule has 0 N–H and O–H groups in total. The van der Waals surface area contributed by atoms with Crippen LogP contribution in [0.2, 0.25) is 0 Å². The third kappa shape index (κ3) is 2.86. The molecular formula is C14H14F3NO3. The van der Waals surface area contributed by atoms with Gasteiger partial charge in [0.05, 0.1) is 13.0 Å². The van der Waals surface area contributed by atoms with Gasteiger partial charge in [-0.05, 0) is 18.1 Å². The second kappa shape index (κ2) is 5.75. The second-order valence-corrected chi connectivity index (χ2v) is 5.07. The van der Waals surface area contributed by atoms with Crippen molar-refractivity contribution >= 4 is 11.9 Å². The number of likely N-dealkylation sites (tertiary alicyclic amines) is 1. The van der Waals surface area contributed by atoms with Gasteiger partial charge in [0.2, 0.25) is 0 Å². The number of hydrogen-bond donors (Lipinski definition) is 0. The Balaban J connectivity index is 2.20. The average molecular weight is 301 g/mol. The van der Waals surface area contributed by atoms with Crippen molar-refractivity contribution in [1.82, 2.24) is 4.90 Å². The lowest BCUT2D eigenvalue weighted by Crippen LogP contribution is -2.30. The van der Waals surface area contributed by atoms with Crippen LogP contribution in [0, 0.1) is 29.3 Å². The Bertz CT molecular complexity index is 568. The lowest BCUT2D eigenvalue weighted by molar-refractivity contribution is -0.146. The number of benzene rings is 1. The number of rotatable bonds is 2. The molecule has 1 aromatic carbocycles. The fourth-order valence-corrected chi connectivity index (χ4v) is 2.45. The summed E-state index contributed by atoms with van der Waals surface area (Å²) in [6.45, 7) is 2.15. The van der Waals surface area contributed by atoms with Crippen LogP contribution in [0.1, 0.15) is 17.3 Å². The highest BCUT2D eigenvalue weighted by Gasteiger charge is 2.38. The monoisotopic (exact) mass is 301 g/mol. The molecule has 1 amide bonds. The average Bonchev–Trinajstić information content (AvgIpc) is 2.84. The third-order valence-electron chi connectivity index (χ3n) is 3.63. The summed E-state index contributed by atoms with van der Waals surface area (Å²) in [4.78, 5) is 25.0. The van der Waals surface area contributed by atoms with E-state index in [4.69, 9.17) is 0 Å². The molecule has 114 valence electrons. The van der Waals surface area contributed by atoms with E-state index < -0.39 is 35.2 Å². The highest BCUT2D eigenvalue weighted by Crippen LogP contribution is 2.26. The highest BCUT2D eigenvalue weighted by molar-refractivity contribution is 5.95. The fraction of sp³-hybridized carbons (Fsp3) is 0.429. The van der Waals surface area contributed by atoms with Gasteiger partial charge in [0.25, 0.3) is 5.91 Å². The molecule has 2 atom stereocenters. The lowest BCUT2D eigenvalue weighted by atomic mass is 9.99. The molecule has 1 aliphatic heterocycles. The Labute approximate surface area is 119 Å². The predicted octanol–water partition coefficient (Wildman–Crippen LogP) is 1.98. The summed E-state index contributed by atoms with van der Waals surface area (Å²) in [5.41, 5.74) is -0.288. The van der Waals surface area contributed by atoms with Crippen molar-refractivity contribution in [3.63, 3.8) is 0 Å². The molecule has 0 aromatic heterocycles. The number of esters is 1. The van der Waals surface area contributed by atoms with Crippen LogP contribution in [-0.2, 0) is 9.53 Å². The number of amides is 1. The minimum Gasteiger partial charge on any atom is -0.469 e. The van der Waals surface area contributed by atoms with E-state index in [1.165, 1.54) is 12.0 Å². The topological polar surface area (TPSA) is 46.6 Å². The first-order chi connectivity index (χ1) is 9.85. The first-order valence-corrected chi connectivity index (χ1v) is 6.36. The minimum absolute atomic E-state index is 0.104. The van der Waals surface area contributed by atoms with Crippen LogP contribution >= 0.6 is 0 Å². The molecule has 1 heterocycles. The second-order valence-electron chi connectivity index (χ2n) is 5.07. The number of carbonyl (C=O) groups excluding carboxylic acids is 2. The molecular weight excluding hydrogens is 287 g/mol. The quantitative estimate of drug-likeness (QED) is 0.620. The van der Waals surface area contributed by atoms with Gasteiger partial charge in [-0.1, -0.05) is 6.92 Å². The molecule has 0 bridgehead atoms. The van der Waals surface area contributed by atoms with Gasteiger partial charge >= 0.3 is 5.97 Å². The summed E-state index contributed by atoms with van der Waals surface area (Å²) >= 11 is 0. The molecule has 1 aromatic rings. The van der Waals surface area contributed by atoms with Gasteiger partial charge in [0, 0.05) is 18.7 Å². The van der Waals surface area contributed by atoms with Crippen LogP contribution in [0.15, 0.2) is 12.1 Å². The molecule has 0 saturated carbocycles. The molecule has 1 fully saturated rings. The van der Waals surface area contributed by atoms with E-state index in [1.54, 1.807) is 6.92 Å². The summed E-state index contributed by atoms with van der Waals surface area (Å²) < 4.78 is 43.9. The van der Waals surface area contributed by atoms with Gasteiger partial charge in [-0.15, -0.1) is 0 Å². The molecule has 2 rings (SSSR count). The summed E-state index contributed by atoms with van der Waals surface area (Å²) in [5.74, 6) is -6.15. The van der Waals surface area contributed by atoms with Crippen LogP contribution in [0.25, 0.3) is 0 Å². The molecule has 0 spiro atoms. The zero-order valence-corrected chi connectivity index (χ0v) is 11.5. The first-order valence-electron chi connectivity index (χ1n) is 6.36. The molecule has 1 aliphatic rings. The molecule has 21 heavy (non-hydrogen) atoms. The number of carbonyl (C=O) groups is 2. The van der Waals surface area contributed by atoms with E-state index in [0.717, 1.165) is 0 Å². The smallest absolute Gasteiger partial charge is 0.310 e. The summed E-state index contributed by atoms with van der Waals surface area (Å²) in [5, 5.41) is 0. The third-order valence-corrected chi connectivity index (χ3v) is 3.63. The standard InChI is InChI=1S/C14H14F3NO3/c1-7-5-18(6-9(7)14(20)21-2)13(19)8-3-10(15)12(17)11(16)4-8/h3-4,7,9H,5-6H2,1-2H3. The lowest BCUT2D eigenvalue weighted by Gasteiger charge is -2.16. The van der Waals surface area contributed by atoms with Crippen molar-refractivity contribution < 1.29 is 27.5 Å². The molecule has 0 radical (unpaired) electrons. The van der Waals surface area contributed by atoms with Crippen LogP contribution < -0.4 is 0 Å². The Morgan fingerprint density at radius 2 is 1.76 bits per heavy atom. The molecule has 0 aliphatic carbocycles. The largest absolute Gasteiger partial charge is 0.469 e. The van der Waals surface area contributed by atoms with Crippen molar-refractivity contribution in [2.75, 3.05) is 20.2 Å². The molecule has 1 saturated heterocycles. The number of nitrogens with zero attached hydrogens (tertiary/aromatic N) is 1. The zero-order chi connectivity index (χ0) is 15.7. The van der Waals surface area contributed by atoms with Gasteiger partial charge in [-0.3, -0.25) is 9.59 Å². The number of hydrogen-bond acceptors (Lipinski definition) is 3. The van der Waals surface area contributed by atoms with E-state index in [0.29, 0.717) is 12.1 Å². The normalized spacial score (nSPS) is 21.5. The summed E-state index contributed by atoms with van der Waals surface area (Å²) in [6.07, 6.45) is 0. The maximum absolute atomic E-state index is 13.2. The van der Waals surface area contributed by atoms with E-state index in [1.807, 2.05) is 0 Å². The van der Waals surface area contributed by atoms with Gasteiger partial charge < -0.3 is 9.64 Å². The molecule has 4 nitrogen and oxygen atoms in total. The maximum Gasteiger partial charge on any atom is 0.310 e. The maximum atomic E-state index is 13.2. The number of methoxy groups -OCH3 is 1. The minimum atomic E-state index is -1.62. The first kappa shape index (κ1) is 15.3. The molecule has 7 heteroatoms. The van der Waals surface area contributed by atoms with Crippen molar-refractivity contribution in [2.45, 2.75) is 6.92 Å². The highest BCUT2D eigenvalue weighted by atomic mass is 19.2. The summed E-state index contributed by atoms with van der Waals surface area (Å²) in [7, 11) is 1.25. The van der Waals surface area contributed by atoms with E-state index >= 15 is 0 Å². The Morgan fingerprint density at radius 3 is 2.29 bits per heavy atom. The van der Waals surface area contributed by atoms with Crippen LogP contribution in [0.3, 0.4) is 0 Å². The van der Waals surface area contributed by atoms with Gasteiger partial charge in [0.1, 0.15) is 0 Å². The number of ether oxygens (including phenoxy) is 1. The SMILES string of the molecule is COC(=O)C1CN(C(=O)c2cc(F)c(F)c(F)c2)CC1C. The predicted molar refractivity (Wildman–Crippen MR) is 66.9 cm³/mol. The molecule has 2 unspecified atom stereocenters. The Hall–Kier alpha value is -2.05. The number of halogens is 3. The zero-order valence-electron chi connectivity index (χ0n) is 11.5. The summed E-state index contributed by atoms with van der Waals surface area (Å²) in [6, 6.07) is 1.30. The van der Waals surface area contributed by atoms with Crippen LogP contribution in [0.5, 0.6) is 0 Å². The van der Waals surface area contributed by atoms with Crippen LogP contribution in [0.4, 0.5) is 13.2 Å². The van der Waals surface area contributed by atoms with E-state index in [2.05, 4.69) is 4.74 Å².